The Kier molecular flexibility index (Phi) is 5.39. The van der Waals surface area contributed by atoms with Crippen molar-refractivity contribution in [1.29, 1.82) is 0 Å². The summed E-state index contributed by atoms with van der Waals surface area (Å²) in [5, 5.41) is 3.35. The van der Waals surface area contributed by atoms with Gasteiger partial charge in [0.2, 0.25) is 0 Å². The van der Waals surface area contributed by atoms with E-state index in [9.17, 15) is 4.39 Å². The first kappa shape index (κ1) is 14.8. The minimum Gasteiger partial charge on any atom is -0.484 e. The molecule has 2 nitrogen and oxygen atoms in total. The molecule has 0 amide bonds. The van der Waals surface area contributed by atoms with Gasteiger partial charge in [-0.25, -0.2) is 4.39 Å². The Hall–Kier alpha value is -1.58. The van der Waals surface area contributed by atoms with Crippen LogP contribution >= 0.6 is 11.6 Å². The van der Waals surface area contributed by atoms with Gasteiger partial charge in [-0.05, 0) is 24.2 Å². The summed E-state index contributed by atoms with van der Waals surface area (Å²) in [6, 6.07) is 14.3. The molecular weight excluding hydrogens is 277 g/mol. The fraction of sp³-hybridized carbons (Fsp3) is 0.250. The predicted octanol–water partition coefficient (Wildman–Crippen LogP) is 4.21. The second-order valence-electron chi connectivity index (χ2n) is 4.40. The zero-order valence-electron chi connectivity index (χ0n) is 11.3. The molecule has 0 aromatic heterocycles. The van der Waals surface area contributed by atoms with E-state index in [4.69, 9.17) is 16.3 Å². The fourth-order valence-electron chi connectivity index (χ4n) is 1.89. The van der Waals surface area contributed by atoms with Crippen LogP contribution in [0.5, 0.6) is 5.75 Å². The Morgan fingerprint density at radius 3 is 2.60 bits per heavy atom. The monoisotopic (exact) mass is 293 g/mol. The van der Waals surface area contributed by atoms with E-state index in [1.165, 1.54) is 12.1 Å². The number of benzene rings is 2. The van der Waals surface area contributed by atoms with Gasteiger partial charge in [-0.3, -0.25) is 0 Å². The van der Waals surface area contributed by atoms with Gasteiger partial charge in [-0.15, -0.1) is 0 Å². The molecular formula is C16H17ClFNO. The van der Waals surface area contributed by atoms with E-state index < -0.39 is 5.82 Å². The highest BCUT2D eigenvalue weighted by atomic mass is 35.5. The van der Waals surface area contributed by atoms with Gasteiger partial charge >= 0.3 is 0 Å². The second kappa shape index (κ2) is 7.27. The van der Waals surface area contributed by atoms with Crippen molar-refractivity contribution in [3.05, 3.63) is 64.9 Å². The summed E-state index contributed by atoms with van der Waals surface area (Å²) in [7, 11) is 0. The maximum atomic E-state index is 13.5. The Bertz CT molecular complexity index is 547. The fourth-order valence-corrected chi connectivity index (χ4v) is 2.00. The number of hydrogen-bond donors (Lipinski definition) is 1. The van der Waals surface area contributed by atoms with Gasteiger partial charge in [-0.1, -0.05) is 48.9 Å². The molecule has 0 spiro atoms. The third kappa shape index (κ3) is 3.95. The number of ether oxygens (including phenoxy) is 1. The van der Waals surface area contributed by atoms with Crippen molar-refractivity contribution in [2.24, 2.45) is 0 Å². The number of nitrogens with one attached hydrogen (secondary N) is 1. The van der Waals surface area contributed by atoms with Crippen LogP contribution in [0.25, 0.3) is 0 Å². The summed E-state index contributed by atoms with van der Waals surface area (Å²) >= 11 is 5.67. The van der Waals surface area contributed by atoms with Crippen molar-refractivity contribution in [2.75, 3.05) is 13.1 Å². The van der Waals surface area contributed by atoms with E-state index in [2.05, 4.69) is 5.32 Å². The van der Waals surface area contributed by atoms with Gasteiger partial charge in [0.15, 0.2) is 0 Å². The van der Waals surface area contributed by atoms with Crippen LogP contribution in [0.1, 0.15) is 18.6 Å². The van der Waals surface area contributed by atoms with Crippen molar-refractivity contribution in [3.63, 3.8) is 0 Å². The van der Waals surface area contributed by atoms with Crippen molar-refractivity contribution >= 4 is 11.6 Å². The van der Waals surface area contributed by atoms with Crippen LogP contribution in [0, 0.1) is 5.82 Å². The Balaban J connectivity index is 2.17. The summed E-state index contributed by atoms with van der Waals surface area (Å²) in [6.45, 7) is 3.54. The maximum absolute atomic E-state index is 13.5. The van der Waals surface area contributed by atoms with Crippen LogP contribution in [-0.2, 0) is 0 Å². The van der Waals surface area contributed by atoms with E-state index in [-0.39, 0.29) is 11.1 Å². The molecule has 0 saturated heterocycles. The molecule has 0 aliphatic carbocycles. The Labute approximate surface area is 123 Å². The van der Waals surface area contributed by atoms with Gasteiger partial charge in [0, 0.05) is 12.6 Å². The van der Waals surface area contributed by atoms with Crippen molar-refractivity contribution in [1.82, 2.24) is 5.32 Å². The molecule has 1 unspecified atom stereocenters. The van der Waals surface area contributed by atoms with E-state index >= 15 is 0 Å². The Morgan fingerprint density at radius 1 is 1.20 bits per heavy atom. The number of hydrogen-bond acceptors (Lipinski definition) is 2. The lowest BCUT2D eigenvalue weighted by Crippen LogP contribution is -2.24. The first-order valence-corrected chi connectivity index (χ1v) is 6.96. The van der Waals surface area contributed by atoms with E-state index in [0.29, 0.717) is 12.3 Å². The SMILES string of the molecule is CCNCC(Oc1ccc(Cl)c(F)c1)c1ccccc1. The van der Waals surface area contributed by atoms with Gasteiger partial charge in [-0.2, -0.15) is 0 Å². The van der Waals surface area contributed by atoms with Gasteiger partial charge in [0.05, 0.1) is 5.02 Å². The molecule has 2 rings (SSSR count). The maximum Gasteiger partial charge on any atom is 0.145 e. The van der Waals surface area contributed by atoms with Gasteiger partial charge < -0.3 is 10.1 Å². The first-order valence-electron chi connectivity index (χ1n) is 6.58. The zero-order chi connectivity index (χ0) is 14.4. The summed E-state index contributed by atoms with van der Waals surface area (Å²) in [5.41, 5.74) is 1.05. The molecule has 4 heteroatoms. The zero-order valence-corrected chi connectivity index (χ0v) is 12.0. The number of likely N-dealkylation sites (N-methyl/N-ethyl adjacent to an activating group) is 1. The molecule has 1 atom stereocenters. The topological polar surface area (TPSA) is 21.3 Å². The van der Waals surface area contributed by atoms with Crippen LogP contribution in [0.2, 0.25) is 5.02 Å². The number of rotatable bonds is 6. The predicted molar refractivity (Wildman–Crippen MR) is 79.8 cm³/mol. The highest BCUT2D eigenvalue weighted by Gasteiger charge is 2.13. The average Bonchev–Trinajstić information content (AvgIpc) is 2.48. The number of halogens is 2. The van der Waals surface area contributed by atoms with Crippen LogP contribution in [0.4, 0.5) is 4.39 Å². The molecule has 0 fully saturated rings. The smallest absolute Gasteiger partial charge is 0.145 e. The van der Waals surface area contributed by atoms with Crippen molar-refractivity contribution in [2.45, 2.75) is 13.0 Å². The third-order valence-corrected chi connectivity index (χ3v) is 3.23. The lowest BCUT2D eigenvalue weighted by Gasteiger charge is -2.20. The van der Waals surface area contributed by atoms with E-state index in [1.807, 2.05) is 37.3 Å². The van der Waals surface area contributed by atoms with Crippen LogP contribution < -0.4 is 10.1 Å². The highest BCUT2D eigenvalue weighted by molar-refractivity contribution is 6.30. The molecule has 0 aliphatic rings. The minimum atomic E-state index is -0.473. The molecule has 0 radical (unpaired) electrons. The van der Waals surface area contributed by atoms with E-state index in [1.54, 1.807) is 6.07 Å². The molecule has 0 aliphatic heterocycles. The van der Waals surface area contributed by atoms with Crippen LogP contribution in [-0.4, -0.2) is 13.1 Å². The molecule has 0 heterocycles. The molecule has 106 valence electrons. The molecule has 2 aromatic rings. The summed E-state index contributed by atoms with van der Waals surface area (Å²) in [6.07, 6.45) is -0.170. The quantitative estimate of drug-likeness (QED) is 0.861. The normalized spacial score (nSPS) is 12.2. The molecule has 2 aromatic carbocycles. The van der Waals surface area contributed by atoms with Crippen molar-refractivity contribution < 1.29 is 9.13 Å². The minimum absolute atomic E-state index is 0.0975. The third-order valence-electron chi connectivity index (χ3n) is 2.92. The summed E-state index contributed by atoms with van der Waals surface area (Å²) in [4.78, 5) is 0. The lowest BCUT2D eigenvalue weighted by molar-refractivity contribution is 0.202. The molecule has 1 N–H and O–H groups in total. The average molecular weight is 294 g/mol. The summed E-state index contributed by atoms with van der Waals surface area (Å²) in [5.74, 6) is -0.00177. The lowest BCUT2D eigenvalue weighted by atomic mass is 10.1. The molecule has 0 bridgehead atoms. The standard InChI is InChI=1S/C16H17ClFNO/c1-2-19-11-16(12-6-4-3-5-7-12)20-13-8-9-14(17)15(18)10-13/h3-10,16,19H,2,11H2,1H3. The largest absolute Gasteiger partial charge is 0.484 e. The Morgan fingerprint density at radius 2 is 1.95 bits per heavy atom. The molecule has 20 heavy (non-hydrogen) atoms. The van der Waals surface area contributed by atoms with Crippen molar-refractivity contribution in [3.8, 4) is 5.75 Å². The van der Waals surface area contributed by atoms with Gasteiger partial charge in [0.1, 0.15) is 17.7 Å². The first-order chi connectivity index (χ1) is 9.70. The molecule has 0 saturated carbocycles. The van der Waals surface area contributed by atoms with Crippen LogP contribution in [0.3, 0.4) is 0 Å². The second-order valence-corrected chi connectivity index (χ2v) is 4.81. The van der Waals surface area contributed by atoms with Gasteiger partial charge in [0.25, 0.3) is 0 Å². The van der Waals surface area contributed by atoms with Crippen LogP contribution in [0.15, 0.2) is 48.5 Å². The summed E-state index contributed by atoms with van der Waals surface area (Å²) < 4.78 is 19.3. The highest BCUT2D eigenvalue weighted by Crippen LogP contribution is 2.25. The van der Waals surface area contributed by atoms with E-state index in [0.717, 1.165) is 12.1 Å².